The van der Waals surface area contributed by atoms with Gasteiger partial charge in [-0.1, -0.05) is 30.7 Å². The van der Waals surface area contributed by atoms with E-state index in [-0.39, 0.29) is 16.8 Å². The van der Waals surface area contributed by atoms with Gasteiger partial charge in [-0.05, 0) is 86.4 Å². The number of anilines is 1. The normalized spacial score (nSPS) is 16.6. The first-order valence-corrected chi connectivity index (χ1v) is 10.4. The van der Waals surface area contributed by atoms with Gasteiger partial charge in [0.2, 0.25) is 0 Å². The number of aryl methyl sites for hydroxylation is 2. The molecular formula is C23H23ClN2O3S. The van der Waals surface area contributed by atoms with Crippen molar-refractivity contribution in [3.63, 3.8) is 0 Å². The van der Waals surface area contributed by atoms with Crippen molar-refractivity contribution in [2.24, 2.45) is 0 Å². The molecule has 5 nitrogen and oxygen atoms in total. The van der Waals surface area contributed by atoms with Crippen LogP contribution in [0, 0.1) is 13.8 Å². The molecule has 1 N–H and O–H groups in total. The van der Waals surface area contributed by atoms with Crippen LogP contribution in [-0.4, -0.2) is 23.0 Å². The minimum atomic E-state index is -0.541. The van der Waals surface area contributed by atoms with Crippen molar-refractivity contribution in [3.05, 3.63) is 63.7 Å². The van der Waals surface area contributed by atoms with Crippen molar-refractivity contribution >= 4 is 52.5 Å². The van der Waals surface area contributed by atoms with Gasteiger partial charge in [0, 0.05) is 0 Å². The van der Waals surface area contributed by atoms with E-state index in [4.69, 9.17) is 28.6 Å². The van der Waals surface area contributed by atoms with Gasteiger partial charge < -0.3 is 4.74 Å². The van der Waals surface area contributed by atoms with Crippen LogP contribution in [0.5, 0.6) is 5.75 Å². The summed E-state index contributed by atoms with van der Waals surface area (Å²) in [6, 6.07) is 10.7. The minimum Gasteiger partial charge on any atom is -0.489 e. The third-order valence-electron chi connectivity index (χ3n) is 5.02. The molecule has 2 aromatic rings. The molecule has 2 aromatic carbocycles. The van der Waals surface area contributed by atoms with Crippen molar-refractivity contribution < 1.29 is 14.3 Å². The summed E-state index contributed by atoms with van der Waals surface area (Å²) in [6.07, 6.45) is 2.39. The molecule has 30 heavy (non-hydrogen) atoms. The first-order chi connectivity index (χ1) is 14.2. The maximum Gasteiger partial charge on any atom is 0.270 e. The van der Waals surface area contributed by atoms with Gasteiger partial charge in [-0.25, -0.2) is 0 Å². The summed E-state index contributed by atoms with van der Waals surface area (Å²) in [7, 11) is 0. The second-order valence-corrected chi connectivity index (χ2v) is 8.05. The molecule has 1 aliphatic heterocycles. The summed E-state index contributed by atoms with van der Waals surface area (Å²) in [6.45, 7) is 7.93. The topological polar surface area (TPSA) is 58.6 Å². The van der Waals surface area contributed by atoms with Crippen molar-refractivity contribution in [2.45, 2.75) is 40.2 Å². The number of hydrogen-bond donors (Lipinski definition) is 1. The van der Waals surface area contributed by atoms with Crippen LogP contribution in [0.4, 0.5) is 5.69 Å². The average Bonchev–Trinajstić information content (AvgIpc) is 2.69. The molecule has 0 aromatic heterocycles. The van der Waals surface area contributed by atoms with Gasteiger partial charge in [0.05, 0.1) is 16.8 Å². The molecule has 1 atom stereocenters. The maximum atomic E-state index is 13.1. The average molecular weight is 443 g/mol. The van der Waals surface area contributed by atoms with E-state index < -0.39 is 11.8 Å². The number of benzene rings is 2. The number of thiocarbonyl (C=S) groups is 1. The number of nitrogens with one attached hydrogen (secondary N) is 1. The lowest BCUT2D eigenvalue weighted by molar-refractivity contribution is -0.122. The second-order valence-electron chi connectivity index (χ2n) is 7.25. The molecule has 1 saturated heterocycles. The van der Waals surface area contributed by atoms with E-state index in [2.05, 4.69) is 5.32 Å². The molecule has 0 saturated carbocycles. The minimum absolute atomic E-state index is 0.0199. The van der Waals surface area contributed by atoms with Gasteiger partial charge >= 0.3 is 0 Å². The SMILES string of the molecule is CC[C@@H](C)Oc1ccc(/C=C2\C(=O)NC(=S)N(c3ccc(C)c(C)c3)C2=O)cc1Cl. The number of carbonyl (C=O) groups is 2. The van der Waals surface area contributed by atoms with E-state index in [1.54, 1.807) is 24.3 Å². The molecule has 1 aliphatic rings. The molecular weight excluding hydrogens is 420 g/mol. The largest absolute Gasteiger partial charge is 0.489 e. The van der Waals surface area contributed by atoms with Crippen molar-refractivity contribution in [2.75, 3.05) is 4.90 Å². The van der Waals surface area contributed by atoms with Gasteiger partial charge in [0.1, 0.15) is 11.3 Å². The Bertz CT molecular complexity index is 1060. The van der Waals surface area contributed by atoms with Gasteiger partial charge in [-0.15, -0.1) is 0 Å². The van der Waals surface area contributed by atoms with Crippen LogP contribution >= 0.6 is 23.8 Å². The van der Waals surface area contributed by atoms with Crippen LogP contribution in [0.25, 0.3) is 6.08 Å². The third kappa shape index (κ3) is 4.55. The number of ether oxygens (including phenoxy) is 1. The second kappa shape index (κ2) is 8.98. The van der Waals surface area contributed by atoms with Crippen molar-refractivity contribution in [1.82, 2.24) is 5.32 Å². The van der Waals surface area contributed by atoms with Gasteiger partial charge in [0.25, 0.3) is 11.8 Å². The summed E-state index contributed by atoms with van der Waals surface area (Å²) in [4.78, 5) is 26.9. The Morgan fingerprint density at radius 2 is 1.90 bits per heavy atom. The van der Waals surface area contributed by atoms with E-state index in [0.717, 1.165) is 17.5 Å². The van der Waals surface area contributed by atoms with Gasteiger partial charge in [-0.2, -0.15) is 0 Å². The number of carbonyl (C=O) groups excluding carboxylic acids is 2. The highest BCUT2D eigenvalue weighted by Crippen LogP contribution is 2.29. The highest BCUT2D eigenvalue weighted by molar-refractivity contribution is 7.80. The fraction of sp³-hybridized carbons (Fsp3) is 0.261. The molecule has 1 fully saturated rings. The monoisotopic (exact) mass is 442 g/mol. The number of halogens is 1. The third-order valence-corrected chi connectivity index (χ3v) is 5.60. The number of hydrogen-bond acceptors (Lipinski definition) is 4. The fourth-order valence-electron chi connectivity index (χ4n) is 2.93. The summed E-state index contributed by atoms with van der Waals surface area (Å²) in [5, 5.41) is 3.06. The van der Waals surface area contributed by atoms with Crippen LogP contribution in [0.3, 0.4) is 0 Å². The predicted molar refractivity (Wildman–Crippen MR) is 124 cm³/mol. The summed E-state index contributed by atoms with van der Waals surface area (Å²) >= 11 is 11.6. The zero-order valence-electron chi connectivity index (χ0n) is 17.3. The van der Waals surface area contributed by atoms with Crippen LogP contribution in [0.2, 0.25) is 5.02 Å². The van der Waals surface area contributed by atoms with E-state index >= 15 is 0 Å². The molecule has 2 amide bonds. The van der Waals surface area contributed by atoms with E-state index in [0.29, 0.717) is 22.0 Å². The van der Waals surface area contributed by atoms with E-state index in [1.807, 2.05) is 39.8 Å². The number of rotatable bonds is 5. The first-order valence-electron chi connectivity index (χ1n) is 9.66. The first kappa shape index (κ1) is 22.0. The summed E-state index contributed by atoms with van der Waals surface area (Å²) in [5.41, 5.74) is 3.32. The van der Waals surface area contributed by atoms with Crippen molar-refractivity contribution in [1.29, 1.82) is 0 Å². The zero-order chi connectivity index (χ0) is 22.0. The Kier molecular flexibility index (Phi) is 6.58. The molecule has 0 aliphatic carbocycles. The Morgan fingerprint density at radius 1 is 1.17 bits per heavy atom. The van der Waals surface area contributed by atoms with E-state index in [1.165, 1.54) is 11.0 Å². The quantitative estimate of drug-likeness (QED) is 0.403. The van der Waals surface area contributed by atoms with Crippen LogP contribution in [0.15, 0.2) is 42.0 Å². The Morgan fingerprint density at radius 3 is 2.53 bits per heavy atom. The zero-order valence-corrected chi connectivity index (χ0v) is 18.9. The van der Waals surface area contributed by atoms with Crippen LogP contribution < -0.4 is 15.0 Å². The predicted octanol–water partition coefficient (Wildman–Crippen LogP) is 4.97. The standard InChI is InChI=1S/C23H23ClN2O3S/c1-5-15(4)29-20-9-7-16(12-19(20)24)11-18-21(27)25-23(30)26(22(18)28)17-8-6-13(2)14(3)10-17/h6-12,15H,5H2,1-4H3,(H,25,27,30)/b18-11+/t15-/m1/s1. The Hall–Kier alpha value is -2.70. The highest BCUT2D eigenvalue weighted by Gasteiger charge is 2.34. The molecule has 0 bridgehead atoms. The van der Waals surface area contributed by atoms with E-state index in [9.17, 15) is 9.59 Å². The molecule has 156 valence electrons. The number of nitrogens with zero attached hydrogens (tertiary/aromatic N) is 1. The van der Waals surface area contributed by atoms with Crippen molar-refractivity contribution in [3.8, 4) is 5.75 Å². The molecule has 1 heterocycles. The smallest absolute Gasteiger partial charge is 0.270 e. The number of amides is 2. The maximum absolute atomic E-state index is 13.1. The van der Waals surface area contributed by atoms with Gasteiger partial charge in [0.15, 0.2) is 5.11 Å². The van der Waals surface area contributed by atoms with Gasteiger partial charge in [-0.3, -0.25) is 19.8 Å². The lowest BCUT2D eigenvalue weighted by Crippen LogP contribution is -2.54. The molecule has 0 spiro atoms. The summed E-state index contributed by atoms with van der Waals surface area (Å²) < 4.78 is 5.77. The van der Waals surface area contributed by atoms with Crippen LogP contribution in [-0.2, 0) is 9.59 Å². The molecule has 0 unspecified atom stereocenters. The fourth-order valence-corrected chi connectivity index (χ4v) is 3.44. The molecule has 7 heteroatoms. The highest BCUT2D eigenvalue weighted by atomic mass is 35.5. The Balaban J connectivity index is 1.94. The summed E-state index contributed by atoms with van der Waals surface area (Å²) in [5.74, 6) is -0.463. The molecule has 0 radical (unpaired) electrons. The lowest BCUT2D eigenvalue weighted by Gasteiger charge is -2.29. The lowest BCUT2D eigenvalue weighted by atomic mass is 10.1. The Labute approximate surface area is 186 Å². The van der Waals surface area contributed by atoms with Crippen LogP contribution in [0.1, 0.15) is 37.0 Å². The molecule has 3 rings (SSSR count).